The molecule has 1 N–H and O–H groups in total. The van der Waals surface area contributed by atoms with Crippen LogP contribution in [0.3, 0.4) is 0 Å². The Labute approximate surface area is 151 Å². The van der Waals surface area contributed by atoms with Gasteiger partial charge in [0.25, 0.3) is 0 Å². The lowest BCUT2D eigenvalue weighted by molar-refractivity contribution is -0.121. The summed E-state index contributed by atoms with van der Waals surface area (Å²) < 4.78 is 1.98. The molecular formula is C21H18N4O. The quantitative estimate of drug-likeness (QED) is 0.444. The van der Waals surface area contributed by atoms with Crippen molar-refractivity contribution in [3.05, 3.63) is 78.6 Å². The summed E-state index contributed by atoms with van der Waals surface area (Å²) in [4.78, 5) is 16.4. The number of para-hydroxylation sites is 2. The van der Waals surface area contributed by atoms with Crippen LogP contribution in [0.1, 0.15) is 12.0 Å². The van der Waals surface area contributed by atoms with Gasteiger partial charge in [0, 0.05) is 18.5 Å². The van der Waals surface area contributed by atoms with Gasteiger partial charge in [0.2, 0.25) is 5.91 Å². The summed E-state index contributed by atoms with van der Waals surface area (Å²) in [5, 5.41) is 6.36. The van der Waals surface area contributed by atoms with Crippen molar-refractivity contribution in [1.82, 2.24) is 15.0 Å². The fourth-order valence-corrected chi connectivity index (χ4v) is 3.00. The van der Waals surface area contributed by atoms with Crippen LogP contribution in [0.25, 0.3) is 21.8 Å². The standard InChI is InChI=1S/C21H18N4O/c26-21(12-13-25-15-22-19-10-3-4-11-20(19)25)24-23-14-17-8-5-7-16-6-1-2-9-18(16)17/h1-11,14-15H,12-13H2,(H,24,26). The highest BCUT2D eigenvalue weighted by atomic mass is 16.2. The number of hydrogen-bond donors (Lipinski definition) is 1. The Morgan fingerprint density at radius 1 is 1.04 bits per heavy atom. The molecule has 0 radical (unpaired) electrons. The van der Waals surface area contributed by atoms with Gasteiger partial charge in [-0.1, -0.05) is 54.6 Å². The second kappa shape index (κ2) is 7.19. The second-order valence-corrected chi connectivity index (χ2v) is 6.04. The lowest BCUT2D eigenvalue weighted by atomic mass is 10.1. The lowest BCUT2D eigenvalue weighted by Gasteiger charge is -2.04. The van der Waals surface area contributed by atoms with Crippen molar-refractivity contribution < 1.29 is 4.79 Å². The largest absolute Gasteiger partial charge is 0.330 e. The van der Waals surface area contributed by atoms with E-state index in [4.69, 9.17) is 0 Å². The summed E-state index contributed by atoms with van der Waals surface area (Å²) >= 11 is 0. The van der Waals surface area contributed by atoms with Crippen molar-refractivity contribution in [2.45, 2.75) is 13.0 Å². The second-order valence-electron chi connectivity index (χ2n) is 6.04. The van der Waals surface area contributed by atoms with Crippen molar-refractivity contribution in [3.63, 3.8) is 0 Å². The molecule has 128 valence electrons. The molecular weight excluding hydrogens is 324 g/mol. The first kappa shape index (κ1) is 16.0. The van der Waals surface area contributed by atoms with Gasteiger partial charge >= 0.3 is 0 Å². The van der Waals surface area contributed by atoms with E-state index in [1.165, 1.54) is 0 Å². The van der Waals surface area contributed by atoms with Crippen LogP contribution in [0.15, 0.2) is 78.2 Å². The van der Waals surface area contributed by atoms with Gasteiger partial charge in [0.1, 0.15) is 0 Å². The van der Waals surface area contributed by atoms with Gasteiger partial charge in [-0.2, -0.15) is 5.10 Å². The molecule has 0 bridgehead atoms. The van der Waals surface area contributed by atoms with Crippen molar-refractivity contribution in [2.75, 3.05) is 0 Å². The molecule has 3 aromatic carbocycles. The van der Waals surface area contributed by atoms with Crippen molar-refractivity contribution in [1.29, 1.82) is 0 Å². The molecule has 4 rings (SSSR count). The Morgan fingerprint density at radius 2 is 1.85 bits per heavy atom. The maximum atomic E-state index is 12.1. The highest BCUT2D eigenvalue weighted by Crippen LogP contribution is 2.16. The summed E-state index contributed by atoms with van der Waals surface area (Å²) in [7, 11) is 0. The highest BCUT2D eigenvalue weighted by Gasteiger charge is 2.04. The van der Waals surface area contributed by atoms with E-state index in [2.05, 4.69) is 27.6 Å². The van der Waals surface area contributed by atoms with Crippen LogP contribution in [0.2, 0.25) is 0 Å². The third-order valence-electron chi connectivity index (χ3n) is 4.32. The first-order valence-electron chi connectivity index (χ1n) is 8.51. The van der Waals surface area contributed by atoms with Crippen LogP contribution < -0.4 is 5.43 Å². The van der Waals surface area contributed by atoms with Gasteiger partial charge < -0.3 is 4.57 Å². The van der Waals surface area contributed by atoms with Crippen LogP contribution in [-0.2, 0) is 11.3 Å². The van der Waals surface area contributed by atoms with Crippen LogP contribution in [0.4, 0.5) is 0 Å². The number of aryl methyl sites for hydroxylation is 1. The van der Waals surface area contributed by atoms with Gasteiger partial charge in [-0.05, 0) is 22.9 Å². The topological polar surface area (TPSA) is 59.3 Å². The van der Waals surface area contributed by atoms with E-state index in [1.54, 1.807) is 12.5 Å². The predicted octanol–water partition coefficient (Wildman–Crippen LogP) is 3.73. The average molecular weight is 342 g/mol. The Morgan fingerprint density at radius 3 is 2.81 bits per heavy atom. The molecule has 1 aromatic heterocycles. The minimum Gasteiger partial charge on any atom is -0.330 e. The Hall–Kier alpha value is -3.47. The normalized spacial score (nSPS) is 11.4. The third-order valence-corrected chi connectivity index (χ3v) is 4.32. The molecule has 0 saturated carbocycles. The number of fused-ring (bicyclic) bond motifs is 2. The van der Waals surface area contributed by atoms with Crippen LogP contribution in [-0.4, -0.2) is 21.7 Å². The lowest BCUT2D eigenvalue weighted by Crippen LogP contribution is -2.19. The zero-order valence-corrected chi connectivity index (χ0v) is 14.2. The number of rotatable bonds is 5. The molecule has 0 fully saturated rings. The summed E-state index contributed by atoms with van der Waals surface area (Å²) in [5.74, 6) is -0.126. The minimum absolute atomic E-state index is 0.126. The number of hydrazone groups is 1. The molecule has 0 unspecified atom stereocenters. The number of carbonyl (C=O) groups excluding carboxylic acids is 1. The molecule has 5 nitrogen and oxygen atoms in total. The van der Waals surface area contributed by atoms with E-state index < -0.39 is 0 Å². The SMILES string of the molecule is O=C(CCn1cnc2ccccc21)NN=Cc1cccc2ccccc12. The molecule has 1 heterocycles. The Balaban J connectivity index is 1.38. The number of benzene rings is 3. The molecule has 1 amide bonds. The third kappa shape index (κ3) is 3.32. The van der Waals surface area contributed by atoms with Crippen molar-refractivity contribution in [3.8, 4) is 0 Å². The van der Waals surface area contributed by atoms with Crippen molar-refractivity contribution in [2.24, 2.45) is 5.10 Å². The van der Waals surface area contributed by atoms with Gasteiger partial charge in [0.15, 0.2) is 0 Å². The van der Waals surface area contributed by atoms with E-state index in [9.17, 15) is 4.79 Å². The first-order valence-corrected chi connectivity index (χ1v) is 8.51. The zero-order chi connectivity index (χ0) is 17.8. The molecule has 0 spiro atoms. The fourth-order valence-electron chi connectivity index (χ4n) is 3.00. The monoisotopic (exact) mass is 342 g/mol. The number of imidazole rings is 1. The molecule has 0 aliphatic heterocycles. The number of nitrogens with one attached hydrogen (secondary N) is 1. The predicted molar refractivity (Wildman–Crippen MR) is 104 cm³/mol. The van der Waals surface area contributed by atoms with Crippen LogP contribution in [0.5, 0.6) is 0 Å². The smallest absolute Gasteiger partial charge is 0.241 e. The van der Waals surface area contributed by atoms with E-state index >= 15 is 0 Å². The molecule has 0 atom stereocenters. The molecule has 0 aliphatic carbocycles. The van der Waals surface area contributed by atoms with E-state index in [-0.39, 0.29) is 5.91 Å². The van der Waals surface area contributed by atoms with Gasteiger partial charge in [-0.25, -0.2) is 10.4 Å². The number of nitrogens with zero attached hydrogens (tertiary/aromatic N) is 3. The molecule has 0 saturated heterocycles. The Kier molecular flexibility index (Phi) is 4.43. The number of amides is 1. The van der Waals surface area contributed by atoms with E-state index in [0.29, 0.717) is 13.0 Å². The van der Waals surface area contributed by atoms with Crippen LogP contribution in [0, 0.1) is 0 Å². The molecule has 4 aromatic rings. The highest BCUT2D eigenvalue weighted by molar-refractivity contribution is 5.99. The molecule has 5 heteroatoms. The summed E-state index contributed by atoms with van der Waals surface area (Å²) in [5.41, 5.74) is 5.54. The average Bonchev–Trinajstić information content (AvgIpc) is 3.10. The number of carbonyl (C=O) groups is 1. The summed E-state index contributed by atoms with van der Waals surface area (Å²) in [6.45, 7) is 0.566. The van der Waals surface area contributed by atoms with Crippen molar-refractivity contribution >= 4 is 33.9 Å². The Bertz CT molecular complexity index is 1090. The van der Waals surface area contributed by atoms with Gasteiger partial charge in [0.05, 0.1) is 23.6 Å². The maximum absolute atomic E-state index is 12.1. The molecule has 26 heavy (non-hydrogen) atoms. The van der Waals surface area contributed by atoms with E-state index in [0.717, 1.165) is 27.4 Å². The van der Waals surface area contributed by atoms with Gasteiger partial charge in [-0.3, -0.25) is 4.79 Å². The summed E-state index contributed by atoms with van der Waals surface area (Å²) in [6.07, 6.45) is 3.79. The number of aromatic nitrogens is 2. The van der Waals surface area contributed by atoms with Gasteiger partial charge in [-0.15, -0.1) is 0 Å². The van der Waals surface area contributed by atoms with E-state index in [1.807, 2.05) is 59.2 Å². The fraction of sp³-hybridized carbons (Fsp3) is 0.0952. The zero-order valence-electron chi connectivity index (χ0n) is 14.2. The summed E-state index contributed by atoms with van der Waals surface area (Å²) in [6, 6.07) is 22.0. The minimum atomic E-state index is -0.126. The molecule has 0 aliphatic rings. The first-order chi connectivity index (χ1) is 12.8. The maximum Gasteiger partial charge on any atom is 0.241 e. The number of hydrogen-bond acceptors (Lipinski definition) is 3. The van der Waals surface area contributed by atoms with Crippen LogP contribution >= 0.6 is 0 Å².